The van der Waals surface area contributed by atoms with Crippen molar-refractivity contribution in [1.29, 1.82) is 0 Å². The molecule has 1 fully saturated rings. The number of hydrogen-bond acceptors (Lipinski definition) is 6. The number of carboxylic acid groups (broad SMARTS) is 1. The second-order valence-electron chi connectivity index (χ2n) is 8.25. The highest BCUT2D eigenvalue weighted by Crippen LogP contribution is 2.35. The molecule has 0 amide bonds. The van der Waals surface area contributed by atoms with Gasteiger partial charge in [-0.15, -0.1) is 5.10 Å². The molecule has 0 spiro atoms. The monoisotopic (exact) mass is 443 g/mol. The van der Waals surface area contributed by atoms with Gasteiger partial charge in [-0.3, -0.25) is 15.1 Å². The highest BCUT2D eigenvalue weighted by Gasteiger charge is 2.24. The molecule has 0 radical (unpaired) electrons. The van der Waals surface area contributed by atoms with Gasteiger partial charge in [0, 0.05) is 29.3 Å². The minimum Gasteiger partial charge on any atom is -0.476 e. The van der Waals surface area contributed by atoms with Crippen molar-refractivity contribution >= 4 is 22.6 Å². The van der Waals surface area contributed by atoms with E-state index < -0.39 is 10.9 Å². The summed E-state index contributed by atoms with van der Waals surface area (Å²) in [5, 5.41) is 29.7. The molecule has 0 aliphatic heterocycles. The molecule has 0 saturated heterocycles. The fourth-order valence-electron chi connectivity index (χ4n) is 4.62. The van der Waals surface area contributed by atoms with Gasteiger partial charge in [0.15, 0.2) is 5.69 Å². The highest BCUT2D eigenvalue weighted by molar-refractivity contribution is 5.94. The minimum atomic E-state index is -1.23. The largest absolute Gasteiger partial charge is 0.476 e. The summed E-state index contributed by atoms with van der Waals surface area (Å²) < 4.78 is 1.49. The zero-order valence-corrected chi connectivity index (χ0v) is 17.7. The van der Waals surface area contributed by atoms with Crippen LogP contribution < -0.4 is 0 Å². The molecule has 2 heterocycles. The van der Waals surface area contributed by atoms with E-state index >= 15 is 0 Å². The van der Waals surface area contributed by atoms with Crippen molar-refractivity contribution in [3.8, 4) is 16.9 Å². The lowest BCUT2D eigenvalue weighted by atomic mass is 9.83. The van der Waals surface area contributed by atoms with Crippen LogP contribution in [0.25, 0.3) is 27.8 Å². The summed E-state index contributed by atoms with van der Waals surface area (Å²) in [6, 6.07) is 13.7. The summed E-state index contributed by atoms with van der Waals surface area (Å²) in [4.78, 5) is 26.9. The molecule has 5 rings (SSSR count). The average molecular weight is 443 g/mol. The number of nitrogens with zero attached hydrogens (tertiary/aromatic N) is 5. The fraction of sp³-hybridized carbons (Fsp3) is 0.250. The Bertz CT molecular complexity index is 1360. The van der Waals surface area contributed by atoms with E-state index in [4.69, 9.17) is 0 Å². The number of pyridine rings is 1. The number of nitro groups is 1. The first-order valence-electron chi connectivity index (χ1n) is 10.9. The number of carboxylic acids is 1. The van der Waals surface area contributed by atoms with Crippen molar-refractivity contribution in [3.63, 3.8) is 0 Å². The molecule has 2 aromatic carbocycles. The first kappa shape index (κ1) is 20.7. The van der Waals surface area contributed by atoms with Crippen molar-refractivity contribution in [2.45, 2.75) is 38.0 Å². The minimum absolute atomic E-state index is 0.0823. The van der Waals surface area contributed by atoms with Gasteiger partial charge in [-0.25, -0.2) is 9.48 Å². The molecule has 9 nitrogen and oxygen atoms in total. The van der Waals surface area contributed by atoms with Gasteiger partial charge in [0.1, 0.15) is 5.69 Å². The third-order valence-corrected chi connectivity index (χ3v) is 6.27. The van der Waals surface area contributed by atoms with E-state index in [0.29, 0.717) is 17.2 Å². The molecule has 166 valence electrons. The predicted octanol–water partition coefficient (Wildman–Crippen LogP) is 5.14. The smallest absolute Gasteiger partial charge is 0.358 e. The van der Waals surface area contributed by atoms with Crippen LogP contribution in [0.4, 0.5) is 5.69 Å². The standard InChI is InChI=1S/C24H21N5O4/c30-24(31)22-23(16-6-9-18(10-7-16)29(32)33)28(27-26-22)21-12-13-25-20-11-8-17(14-19(20)21)15-4-2-1-3-5-15/h6-15H,1-5H2,(H,30,31). The van der Waals surface area contributed by atoms with Crippen LogP contribution in [0.5, 0.6) is 0 Å². The molecular weight excluding hydrogens is 422 g/mol. The molecule has 9 heteroatoms. The van der Waals surface area contributed by atoms with Crippen molar-refractivity contribution in [2.75, 3.05) is 0 Å². The molecule has 1 aliphatic rings. The van der Waals surface area contributed by atoms with E-state index in [1.54, 1.807) is 12.3 Å². The molecule has 33 heavy (non-hydrogen) atoms. The molecule has 4 aromatic rings. The number of hydrogen-bond donors (Lipinski definition) is 1. The number of aromatic nitrogens is 4. The summed E-state index contributed by atoms with van der Waals surface area (Å²) in [7, 11) is 0. The second-order valence-corrected chi connectivity index (χ2v) is 8.25. The molecule has 0 bridgehead atoms. The number of carbonyl (C=O) groups is 1. The predicted molar refractivity (Wildman–Crippen MR) is 122 cm³/mol. The zero-order chi connectivity index (χ0) is 22.9. The first-order valence-corrected chi connectivity index (χ1v) is 10.9. The van der Waals surface area contributed by atoms with Crippen molar-refractivity contribution in [1.82, 2.24) is 20.0 Å². The van der Waals surface area contributed by atoms with Gasteiger partial charge in [-0.2, -0.15) is 0 Å². The molecule has 2 aromatic heterocycles. The summed E-state index contributed by atoms with van der Waals surface area (Å²) in [5.41, 5.74) is 3.09. The van der Waals surface area contributed by atoms with Gasteiger partial charge >= 0.3 is 5.97 Å². The Kier molecular flexibility index (Phi) is 5.29. The van der Waals surface area contributed by atoms with Crippen LogP contribution in [0, 0.1) is 10.1 Å². The van der Waals surface area contributed by atoms with Gasteiger partial charge in [-0.05, 0) is 54.7 Å². The number of nitro benzene ring substituents is 1. The second kappa shape index (κ2) is 8.42. The van der Waals surface area contributed by atoms with Crippen LogP contribution in [-0.2, 0) is 0 Å². The van der Waals surface area contributed by atoms with Crippen LogP contribution in [0.2, 0.25) is 0 Å². The third kappa shape index (κ3) is 3.82. The Morgan fingerprint density at radius 3 is 2.52 bits per heavy atom. The van der Waals surface area contributed by atoms with Crippen LogP contribution in [0.15, 0.2) is 54.7 Å². The number of rotatable bonds is 5. The van der Waals surface area contributed by atoms with Crippen molar-refractivity contribution < 1.29 is 14.8 Å². The van der Waals surface area contributed by atoms with Gasteiger partial charge < -0.3 is 5.11 Å². The summed E-state index contributed by atoms with van der Waals surface area (Å²) in [6.45, 7) is 0. The maximum absolute atomic E-state index is 11.9. The maximum Gasteiger partial charge on any atom is 0.358 e. The van der Waals surface area contributed by atoms with E-state index in [1.807, 2.05) is 6.07 Å². The Hall–Kier alpha value is -4.14. The van der Waals surface area contributed by atoms with E-state index in [9.17, 15) is 20.0 Å². The van der Waals surface area contributed by atoms with Gasteiger partial charge in [-0.1, -0.05) is 30.5 Å². The topological polar surface area (TPSA) is 124 Å². The zero-order valence-electron chi connectivity index (χ0n) is 17.7. The molecule has 1 N–H and O–H groups in total. The summed E-state index contributed by atoms with van der Waals surface area (Å²) in [6.07, 6.45) is 7.67. The van der Waals surface area contributed by atoms with Gasteiger partial charge in [0.2, 0.25) is 0 Å². The van der Waals surface area contributed by atoms with E-state index in [2.05, 4.69) is 27.4 Å². The average Bonchev–Trinajstić information content (AvgIpc) is 3.29. The Morgan fingerprint density at radius 1 is 1.06 bits per heavy atom. The van der Waals surface area contributed by atoms with E-state index in [1.165, 1.54) is 53.8 Å². The van der Waals surface area contributed by atoms with Crippen LogP contribution in [0.1, 0.15) is 54.1 Å². The molecule has 1 saturated carbocycles. The quantitative estimate of drug-likeness (QED) is 0.335. The molecule has 0 unspecified atom stereocenters. The highest BCUT2D eigenvalue weighted by atomic mass is 16.6. The molecular formula is C24H21N5O4. The SMILES string of the molecule is O=C(O)c1nnn(-c2ccnc3ccc(C4CCCCC4)cc23)c1-c1ccc([N+](=O)[O-])cc1. The lowest BCUT2D eigenvalue weighted by Crippen LogP contribution is -2.06. The van der Waals surface area contributed by atoms with Crippen molar-refractivity contribution in [2.24, 2.45) is 0 Å². The Labute approximate surface area is 188 Å². The molecule has 0 atom stereocenters. The fourth-order valence-corrected chi connectivity index (χ4v) is 4.62. The van der Waals surface area contributed by atoms with Crippen LogP contribution in [-0.4, -0.2) is 36.0 Å². The Balaban J connectivity index is 1.68. The van der Waals surface area contributed by atoms with Gasteiger partial charge in [0.25, 0.3) is 5.69 Å². The van der Waals surface area contributed by atoms with E-state index in [-0.39, 0.29) is 17.1 Å². The molecule has 1 aliphatic carbocycles. The number of fused-ring (bicyclic) bond motifs is 1. The van der Waals surface area contributed by atoms with E-state index in [0.717, 1.165) is 23.7 Å². The van der Waals surface area contributed by atoms with Crippen LogP contribution in [0.3, 0.4) is 0 Å². The number of aromatic carboxylic acids is 1. The lowest BCUT2D eigenvalue weighted by Gasteiger charge is -2.22. The van der Waals surface area contributed by atoms with Crippen molar-refractivity contribution in [3.05, 3.63) is 76.1 Å². The lowest BCUT2D eigenvalue weighted by molar-refractivity contribution is -0.384. The summed E-state index contributed by atoms with van der Waals surface area (Å²) in [5.74, 6) is -0.730. The van der Waals surface area contributed by atoms with Crippen LogP contribution >= 0.6 is 0 Å². The normalized spacial score (nSPS) is 14.4. The Morgan fingerprint density at radius 2 is 1.82 bits per heavy atom. The first-order chi connectivity index (χ1) is 16.0. The maximum atomic E-state index is 11.9. The van der Waals surface area contributed by atoms with Gasteiger partial charge in [0.05, 0.1) is 16.1 Å². The number of non-ortho nitro benzene ring substituents is 1. The number of benzene rings is 2. The third-order valence-electron chi connectivity index (χ3n) is 6.27. The summed E-state index contributed by atoms with van der Waals surface area (Å²) >= 11 is 0.